The van der Waals surface area contributed by atoms with E-state index in [-0.39, 0.29) is 11.4 Å². The lowest BCUT2D eigenvalue weighted by Gasteiger charge is -2.30. The fourth-order valence-corrected chi connectivity index (χ4v) is 10.1. The summed E-state index contributed by atoms with van der Waals surface area (Å²) in [6.45, 7) is 0. The van der Waals surface area contributed by atoms with E-state index in [0.717, 1.165) is 32.3 Å². The van der Waals surface area contributed by atoms with Gasteiger partial charge in [0, 0.05) is 22.1 Å². The number of rotatable bonds is 10. The minimum absolute atomic E-state index is 0.243. The van der Waals surface area contributed by atoms with Gasteiger partial charge < -0.3 is 9.80 Å². The van der Waals surface area contributed by atoms with Gasteiger partial charge in [-0.25, -0.2) is 26.3 Å². The van der Waals surface area contributed by atoms with Crippen LogP contribution in [0.4, 0.5) is 60.5 Å². The quantitative estimate of drug-likeness (QED) is 0.0996. The van der Waals surface area contributed by atoms with Gasteiger partial charge in [-0.3, -0.25) is 0 Å². The van der Waals surface area contributed by atoms with Gasteiger partial charge in [0.1, 0.15) is 34.9 Å². The Morgan fingerprint density at radius 2 is 0.556 bits per heavy atom. The van der Waals surface area contributed by atoms with Crippen LogP contribution in [-0.4, -0.2) is 0 Å². The van der Waals surface area contributed by atoms with Crippen molar-refractivity contribution in [2.24, 2.45) is 0 Å². The first-order valence-corrected chi connectivity index (χ1v) is 23.3. The summed E-state index contributed by atoms with van der Waals surface area (Å²) in [7, 11) is 0. The highest BCUT2D eigenvalue weighted by molar-refractivity contribution is 6.28. The van der Waals surface area contributed by atoms with Gasteiger partial charge >= 0.3 is 0 Å². The topological polar surface area (TPSA) is 6.48 Å². The summed E-state index contributed by atoms with van der Waals surface area (Å²) in [6, 6.07) is 65.0. The Hall–Kier alpha value is -9.14. The molecule has 0 unspecified atom stereocenters. The average molecular weight is 949 g/mol. The van der Waals surface area contributed by atoms with E-state index in [0.29, 0.717) is 67.3 Å². The van der Waals surface area contributed by atoms with Crippen LogP contribution in [0.2, 0.25) is 0 Å². The van der Waals surface area contributed by atoms with Crippen molar-refractivity contribution in [3.63, 3.8) is 0 Å². The van der Waals surface area contributed by atoms with E-state index in [1.165, 1.54) is 60.7 Å². The third-order valence-corrected chi connectivity index (χ3v) is 13.3. The lowest BCUT2D eigenvalue weighted by molar-refractivity contribution is 0.628. The van der Waals surface area contributed by atoms with Crippen molar-refractivity contribution in [2.45, 2.75) is 0 Å². The van der Waals surface area contributed by atoms with Crippen LogP contribution >= 0.6 is 0 Å². The molecule has 0 saturated heterocycles. The normalized spacial score (nSPS) is 11.5. The molecule has 0 aliphatic heterocycles. The fourth-order valence-electron chi connectivity index (χ4n) is 10.1. The Kier molecular flexibility index (Phi) is 11.0. The van der Waals surface area contributed by atoms with Gasteiger partial charge in [-0.2, -0.15) is 0 Å². The molecule has 12 rings (SSSR count). The van der Waals surface area contributed by atoms with Crippen LogP contribution in [0, 0.1) is 34.9 Å². The lowest BCUT2D eigenvalue weighted by atomic mass is 9.91. The molecule has 0 aliphatic carbocycles. The van der Waals surface area contributed by atoms with Crippen LogP contribution in [0.3, 0.4) is 0 Å². The summed E-state index contributed by atoms with van der Waals surface area (Å²) in [4.78, 5) is 3.68. The second-order valence-corrected chi connectivity index (χ2v) is 17.7. The maximum Gasteiger partial charge on any atom is 0.147 e. The minimum Gasteiger partial charge on any atom is -0.307 e. The molecule has 2 nitrogen and oxygen atoms in total. The monoisotopic (exact) mass is 948 g/mol. The van der Waals surface area contributed by atoms with Gasteiger partial charge in [-0.05, 0) is 187 Å². The standard InChI is InChI=1S/C64H38F6N2/c65-49-13-5-9-41(31-49)45-29-46(42-10-6-14-50(66)32-42)36-53(35-45)71(61-19-3-1-17-57(61)69)59-27-23-39-22-26-56-60(28-24-40-21-25-55(59)63(39)64(40)56)72(62-20-4-2-18-58(62)70)54-37-47(43-11-7-15-51(67)33-43)30-48(38-54)44-12-8-16-52(68)34-44/h1-38H. The molecule has 0 atom stereocenters. The van der Waals surface area contributed by atoms with Crippen LogP contribution in [0.15, 0.2) is 231 Å². The highest BCUT2D eigenvalue weighted by atomic mass is 19.1. The fraction of sp³-hybridized carbons (Fsp3) is 0. The SMILES string of the molecule is Fc1cccc(-c2cc(-c3cccc(F)c3)cc(N(c3ccccc3F)c3ccc4ccc5c(N(c6cc(-c7cccc(F)c7)cc(-c7cccc(F)c7)c6)c6ccccc6F)ccc6ccc3c4c65)c2)c1. The molecule has 0 fully saturated rings. The molecular weight excluding hydrogens is 911 g/mol. The van der Waals surface area contributed by atoms with E-state index in [1.54, 1.807) is 84.9 Å². The van der Waals surface area contributed by atoms with Crippen LogP contribution < -0.4 is 9.80 Å². The maximum absolute atomic E-state index is 16.6. The zero-order valence-electron chi connectivity index (χ0n) is 38.1. The van der Waals surface area contributed by atoms with Crippen molar-refractivity contribution < 1.29 is 26.3 Å². The molecule has 0 N–H and O–H groups in total. The van der Waals surface area contributed by atoms with E-state index in [1.807, 2.05) is 94.7 Å². The highest BCUT2D eigenvalue weighted by Gasteiger charge is 2.26. The summed E-state index contributed by atoms with van der Waals surface area (Å²) in [6.07, 6.45) is 0. The molecule has 8 heteroatoms. The number of para-hydroxylation sites is 2. The second-order valence-electron chi connectivity index (χ2n) is 17.7. The Balaban J connectivity index is 1.11. The van der Waals surface area contributed by atoms with Gasteiger partial charge in [-0.1, -0.05) is 109 Å². The molecule has 0 heterocycles. The summed E-state index contributed by atoms with van der Waals surface area (Å²) >= 11 is 0. The van der Waals surface area contributed by atoms with E-state index >= 15 is 8.78 Å². The lowest BCUT2D eigenvalue weighted by Crippen LogP contribution is -2.13. The van der Waals surface area contributed by atoms with Gasteiger partial charge in [0.05, 0.1) is 22.7 Å². The van der Waals surface area contributed by atoms with Crippen LogP contribution in [0.5, 0.6) is 0 Å². The number of anilines is 6. The van der Waals surface area contributed by atoms with E-state index < -0.39 is 34.9 Å². The zero-order valence-corrected chi connectivity index (χ0v) is 38.1. The average Bonchev–Trinajstić information content (AvgIpc) is 3.39. The molecule has 0 aliphatic rings. The molecule has 0 aromatic heterocycles. The van der Waals surface area contributed by atoms with Crippen molar-refractivity contribution in [3.8, 4) is 44.5 Å². The molecule has 346 valence electrons. The third kappa shape index (κ3) is 8.02. The van der Waals surface area contributed by atoms with Gasteiger partial charge in [0.2, 0.25) is 0 Å². The largest absolute Gasteiger partial charge is 0.307 e. The molecule has 0 radical (unpaired) electrons. The van der Waals surface area contributed by atoms with Gasteiger partial charge in [-0.15, -0.1) is 0 Å². The van der Waals surface area contributed by atoms with E-state index in [9.17, 15) is 17.6 Å². The first-order valence-electron chi connectivity index (χ1n) is 23.3. The number of benzene rings is 12. The number of hydrogen-bond acceptors (Lipinski definition) is 2. The number of nitrogens with zero attached hydrogens (tertiary/aromatic N) is 2. The molecule has 0 bridgehead atoms. The molecular formula is C64H38F6N2. The number of hydrogen-bond donors (Lipinski definition) is 0. The first kappa shape index (κ1) is 44.1. The van der Waals surface area contributed by atoms with Crippen molar-refractivity contribution in [1.82, 2.24) is 0 Å². The smallest absolute Gasteiger partial charge is 0.147 e. The summed E-state index contributed by atoms with van der Waals surface area (Å²) in [5, 5.41) is 5.05. The highest BCUT2D eigenvalue weighted by Crippen LogP contribution is 2.50. The van der Waals surface area contributed by atoms with E-state index in [4.69, 9.17) is 0 Å². The van der Waals surface area contributed by atoms with E-state index in [2.05, 4.69) is 0 Å². The Morgan fingerprint density at radius 3 is 0.875 bits per heavy atom. The van der Waals surface area contributed by atoms with Crippen molar-refractivity contribution >= 4 is 66.4 Å². The predicted octanol–water partition coefficient (Wildman–Crippen LogP) is 19.0. The minimum atomic E-state index is -0.493. The number of halogens is 6. The zero-order chi connectivity index (χ0) is 49.0. The Bertz CT molecular complexity index is 3670. The molecule has 0 amide bonds. The molecule has 0 spiro atoms. The molecule has 0 saturated carbocycles. The molecule has 72 heavy (non-hydrogen) atoms. The second kappa shape index (κ2) is 18.0. The Labute approximate surface area is 410 Å². The van der Waals surface area contributed by atoms with Crippen molar-refractivity contribution in [1.29, 1.82) is 0 Å². The van der Waals surface area contributed by atoms with Crippen molar-refractivity contribution in [2.75, 3.05) is 9.80 Å². The molecule has 12 aromatic rings. The maximum atomic E-state index is 16.6. The van der Waals surface area contributed by atoms with Crippen LogP contribution in [0.1, 0.15) is 0 Å². The van der Waals surface area contributed by atoms with Crippen LogP contribution in [-0.2, 0) is 0 Å². The Morgan fingerprint density at radius 1 is 0.236 bits per heavy atom. The van der Waals surface area contributed by atoms with Gasteiger partial charge in [0.25, 0.3) is 0 Å². The summed E-state index contributed by atoms with van der Waals surface area (Å²) < 4.78 is 92.6. The molecule has 12 aromatic carbocycles. The first-order chi connectivity index (χ1) is 35.1. The third-order valence-electron chi connectivity index (χ3n) is 13.3. The van der Waals surface area contributed by atoms with Crippen molar-refractivity contribution in [3.05, 3.63) is 265 Å². The van der Waals surface area contributed by atoms with Crippen LogP contribution in [0.25, 0.3) is 76.8 Å². The summed E-state index contributed by atoms with van der Waals surface area (Å²) in [5.41, 5.74) is 7.65. The summed E-state index contributed by atoms with van der Waals surface area (Å²) in [5.74, 6) is -2.70. The predicted molar refractivity (Wildman–Crippen MR) is 281 cm³/mol. The van der Waals surface area contributed by atoms with Gasteiger partial charge in [0.15, 0.2) is 0 Å².